The number of benzene rings is 1. The zero-order chi connectivity index (χ0) is 16.8. The number of carboxylic acids is 1. The van der Waals surface area contributed by atoms with Crippen molar-refractivity contribution >= 4 is 11.9 Å². The first kappa shape index (κ1) is 15.8. The van der Waals surface area contributed by atoms with E-state index in [1.54, 1.807) is 7.11 Å². The van der Waals surface area contributed by atoms with Crippen molar-refractivity contribution in [3.63, 3.8) is 0 Å². The summed E-state index contributed by atoms with van der Waals surface area (Å²) >= 11 is 0. The molecule has 23 heavy (non-hydrogen) atoms. The van der Waals surface area contributed by atoms with E-state index in [4.69, 9.17) is 4.74 Å². The lowest BCUT2D eigenvalue weighted by Gasteiger charge is -2.21. The van der Waals surface area contributed by atoms with Gasteiger partial charge in [0.25, 0.3) is 0 Å². The van der Waals surface area contributed by atoms with Crippen molar-refractivity contribution in [2.75, 3.05) is 20.2 Å². The average molecular weight is 317 g/mol. The number of ether oxygens (including phenoxy) is 1. The maximum atomic E-state index is 12.8. The largest absolute Gasteiger partial charge is 0.496 e. The van der Waals surface area contributed by atoms with E-state index in [1.807, 2.05) is 30.9 Å². The number of carbonyl (C=O) groups excluding carboxylic acids is 1. The Morgan fingerprint density at radius 2 is 1.91 bits per heavy atom. The number of carboxylic acid groups (broad SMARTS) is 1. The Bertz CT molecular complexity index is 652. The Morgan fingerprint density at radius 3 is 2.52 bits per heavy atom. The second-order valence-electron chi connectivity index (χ2n) is 7.04. The highest BCUT2D eigenvalue weighted by molar-refractivity contribution is 5.91. The van der Waals surface area contributed by atoms with Crippen molar-refractivity contribution in [2.45, 2.75) is 26.7 Å². The van der Waals surface area contributed by atoms with Crippen molar-refractivity contribution in [3.8, 4) is 5.75 Å². The average Bonchev–Trinajstić information content (AvgIpc) is 3.16. The molecule has 5 nitrogen and oxygen atoms in total. The van der Waals surface area contributed by atoms with E-state index in [2.05, 4.69) is 6.07 Å². The van der Waals surface area contributed by atoms with Gasteiger partial charge in [0.05, 0.1) is 18.9 Å². The van der Waals surface area contributed by atoms with Crippen LogP contribution in [0.5, 0.6) is 5.75 Å². The van der Waals surface area contributed by atoms with Gasteiger partial charge in [0, 0.05) is 13.1 Å². The Hall–Kier alpha value is -2.04. The third-order valence-electron chi connectivity index (χ3n) is 5.40. The second kappa shape index (κ2) is 5.55. The van der Waals surface area contributed by atoms with Crippen LogP contribution >= 0.6 is 0 Å². The molecule has 1 N–H and O–H groups in total. The molecule has 1 aliphatic carbocycles. The highest BCUT2D eigenvalue weighted by Gasteiger charge is 2.66. The highest BCUT2D eigenvalue weighted by Crippen LogP contribution is 2.59. The molecule has 5 heteroatoms. The van der Waals surface area contributed by atoms with Crippen LogP contribution < -0.4 is 4.74 Å². The predicted octanol–water partition coefficient (Wildman–Crippen LogP) is 1.98. The number of rotatable bonds is 3. The summed E-state index contributed by atoms with van der Waals surface area (Å²) in [6.45, 7) is 4.98. The maximum absolute atomic E-state index is 12.8. The first-order valence-corrected chi connectivity index (χ1v) is 8.04. The van der Waals surface area contributed by atoms with Gasteiger partial charge in [-0.2, -0.15) is 0 Å². The van der Waals surface area contributed by atoms with Gasteiger partial charge in [-0.15, -0.1) is 0 Å². The lowest BCUT2D eigenvalue weighted by Crippen LogP contribution is -2.35. The molecule has 124 valence electrons. The van der Waals surface area contributed by atoms with Crippen LogP contribution in [0.2, 0.25) is 0 Å². The molecule has 0 spiro atoms. The van der Waals surface area contributed by atoms with Crippen LogP contribution in [0.25, 0.3) is 0 Å². The number of amides is 1. The number of carbonyl (C=O) groups is 2. The number of aliphatic carboxylic acids is 1. The van der Waals surface area contributed by atoms with Gasteiger partial charge in [-0.1, -0.05) is 26.0 Å². The molecule has 1 amide bonds. The fraction of sp³-hybridized carbons (Fsp3) is 0.556. The minimum absolute atomic E-state index is 0.0193. The smallest absolute Gasteiger partial charge is 0.307 e. The molecule has 1 fully saturated rings. The van der Waals surface area contributed by atoms with Crippen molar-refractivity contribution < 1.29 is 19.4 Å². The summed E-state index contributed by atoms with van der Waals surface area (Å²) < 4.78 is 5.42. The Kier molecular flexibility index (Phi) is 3.82. The summed E-state index contributed by atoms with van der Waals surface area (Å²) in [5.74, 6) is -0.979. The Balaban J connectivity index is 1.75. The summed E-state index contributed by atoms with van der Waals surface area (Å²) in [6.07, 6.45) is 1.53. The quantitative estimate of drug-likeness (QED) is 0.926. The molecule has 0 aromatic heterocycles. The number of methoxy groups -OCH3 is 1. The molecule has 1 aliphatic heterocycles. The molecule has 0 radical (unpaired) electrons. The van der Waals surface area contributed by atoms with Gasteiger partial charge >= 0.3 is 5.97 Å². The van der Waals surface area contributed by atoms with E-state index < -0.39 is 23.2 Å². The highest BCUT2D eigenvalue weighted by atomic mass is 16.5. The number of fused-ring (bicyclic) bond motifs is 1. The summed E-state index contributed by atoms with van der Waals surface area (Å²) in [7, 11) is 1.66. The van der Waals surface area contributed by atoms with E-state index in [0.29, 0.717) is 13.1 Å². The van der Waals surface area contributed by atoms with Gasteiger partial charge in [0.15, 0.2) is 0 Å². The number of hydrogen-bond donors (Lipinski definition) is 1. The molecular weight excluding hydrogens is 294 g/mol. The summed E-state index contributed by atoms with van der Waals surface area (Å²) in [5, 5.41) is 9.29. The first-order chi connectivity index (χ1) is 10.9. The molecule has 1 aromatic carbocycles. The van der Waals surface area contributed by atoms with Crippen LogP contribution in [-0.4, -0.2) is 42.1 Å². The molecule has 1 heterocycles. The fourth-order valence-electron chi connectivity index (χ4n) is 3.91. The summed E-state index contributed by atoms with van der Waals surface area (Å²) in [4.78, 5) is 25.9. The molecule has 1 saturated carbocycles. The normalized spacial score (nSPS) is 25.3. The molecule has 0 bridgehead atoms. The van der Waals surface area contributed by atoms with E-state index in [1.165, 1.54) is 5.56 Å². The lowest BCUT2D eigenvalue weighted by atomic mass is 10.0. The minimum atomic E-state index is -0.867. The molecule has 1 aromatic rings. The molecule has 2 aliphatic rings. The molecule has 3 rings (SSSR count). The van der Waals surface area contributed by atoms with Crippen molar-refractivity contribution in [2.24, 2.45) is 17.3 Å². The van der Waals surface area contributed by atoms with E-state index in [-0.39, 0.29) is 5.91 Å². The molecule has 0 unspecified atom stereocenters. The molecule has 0 saturated heterocycles. The molecule has 2 atom stereocenters. The monoisotopic (exact) mass is 317 g/mol. The Labute approximate surface area is 136 Å². The summed E-state index contributed by atoms with van der Waals surface area (Å²) in [5.41, 5.74) is 1.93. The van der Waals surface area contributed by atoms with Crippen LogP contribution in [0.1, 0.15) is 25.0 Å². The van der Waals surface area contributed by atoms with Gasteiger partial charge in [-0.3, -0.25) is 9.59 Å². The van der Waals surface area contributed by atoms with Gasteiger partial charge in [-0.05, 0) is 35.4 Å². The van der Waals surface area contributed by atoms with Gasteiger partial charge in [0.1, 0.15) is 5.75 Å². The van der Waals surface area contributed by atoms with Crippen molar-refractivity contribution in [1.82, 2.24) is 4.90 Å². The maximum Gasteiger partial charge on any atom is 0.307 e. The topological polar surface area (TPSA) is 66.8 Å². The van der Waals surface area contributed by atoms with Crippen LogP contribution in [0, 0.1) is 17.3 Å². The van der Waals surface area contributed by atoms with Crippen LogP contribution in [-0.2, 0) is 22.4 Å². The standard InChI is InChI=1S/C18H23NO4/c1-18(2)14(15(18)17(21)22)16(20)19-9-7-11-5-4-6-13(23-3)12(11)8-10-19/h4-6,14-15H,7-10H2,1-3H3,(H,21,22)/t14-,15+/m0/s1. The second-order valence-corrected chi connectivity index (χ2v) is 7.04. The van der Waals surface area contributed by atoms with Crippen LogP contribution in [0.4, 0.5) is 0 Å². The first-order valence-electron chi connectivity index (χ1n) is 8.04. The van der Waals surface area contributed by atoms with Crippen molar-refractivity contribution in [1.29, 1.82) is 0 Å². The van der Waals surface area contributed by atoms with Gasteiger partial charge in [0.2, 0.25) is 5.91 Å². The zero-order valence-electron chi connectivity index (χ0n) is 13.8. The van der Waals surface area contributed by atoms with Gasteiger partial charge in [-0.25, -0.2) is 0 Å². The van der Waals surface area contributed by atoms with Crippen LogP contribution in [0.15, 0.2) is 18.2 Å². The van der Waals surface area contributed by atoms with Crippen molar-refractivity contribution in [3.05, 3.63) is 29.3 Å². The predicted molar refractivity (Wildman–Crippen MR) is 85.4 cm³/mol. The Morgan fingerprint density at radius 1 is 1.22 bits per heavy atom. The zero-order valence-corrected chi connectivity index (χ0v) is 13.8. The lowest BCUT2D eigenvalue weighted by molar-refractivity contribution is -0.142. The van der Waals surface area contributed by atoms with E-state index in [0.717, 1.165) is 24.2 Å². The number of nitrogens with zero attached hydrogens (tertiary/aromatic N) is 1. The van der Waals surface area contributed by atoms with E-state index in [9.17, 15) is 14.7 Å². The fourth-order valence-corrected chi connectivity index (χ4v) is 3.91. The summed E-state index contributed by atoms with van der Waals surface area (Å²) in [6, 6.07) is 5.99. The minimum Gasteiger partial charge on any atom is -0.496 e. The third-order valence-corrected chi connectivity index (χ3v) is 5.40. The van der Waals surface area contributed by atoms with E-state index >= 15 is 0 Å². The SMILES string of the molecule is COc1cccc2c1CCN(C(=O)[C@@H]1[C@H](C(=O)O)C1(C)C)CC2. The molecular formula is C18H23NO4. The van der Waals surface area contributed by atoms with Crippen LogP contribution in [0.3, 0.4) is 0 Å². The number of hydrogen-bond acceptors (Lipinski definition) is 3. The van der Waals surface area contributed by atoms with Gasteiger partial charge < -0.3 is 14.7 Å². The third kappa shape index (κ3) is 2.58.